The number of aryl methyl sites for hydroxylation is 1. The number of anilines is 1. The summed E-state index contributed by atoms with van der Waals surface area (Å²) < 4.78 is 26.5. The number of thiazole rings is 1. The predicted octanol–water partition coefficient (Wildman–Crippen LogP) is 4.50. The maximum Gasteiger partial charge on any atom is 0.230 e. The highest BCUT2D eigenvalue weighted by Crippen LogP contribution is 2.22. The third kappa shape index (κ3) is 4.70. The summed E-state index contributed by atoms with van der Waals surface area (Å²) in [6.07, 6.45) is 2.39. The van der Waals surface area contributed by atoms with Crippen molar-refractivity contribution in [3.63, 3.8) is 0 Å². The van der Waals surface area contributed by atoms with Gasteiger partial charge in [0.2, 0.25) is 5.91 Å². The molecule has 0 aliphatic heterocycles. The van der Waals surface area contributed by atoms with Crippen molar-refractivity contribution >= 4 is 22.4 Å². The van der Waals surface area contributed by atoms with Gasteiger partial charge in [-0.25, -0.2) is 13.8 Å². The van der Waals surface area contributed by atoms with Crippen LogP contribution in [0.4, 0.5) is 13.9 Å². The zero-order valence-corrected chi connectivity index (χ0v) is 14.4. The normalized spacial score (nSPS) is 10.7. The Morgan fingerprint density at radius 1 is 1.12 bits per heavy atom. The van der Waals surface area contributed by atoms with Gasteiger partial charge in [-0.05, 0) is 41.8 Å². The lowest BCUT2D eigenvalue weighted by atomic mass is 10.1. The third-order valence-corrected chi connectivity index (χ3v) is 4.61. The molecule has 3 rings (SSSR count). The number of aromatic nitrogens is 1. The summed E-state index contributed by atoms with van der Waals surface area (Å²) in [7, 11) is 0. The van der Waals surface area contributed by atoms with Crippen molar-refractivity contribution in [1.29, 1.82) is 0 Å². The number of hydrogen-bond acceptors (Lipinski definition) is 3. The van der Waals surface area contributed by atoms with E-state index in [2.05, 4.69) is 10.3 Å². The summed E-state index contributed by atoms with van der Waals surface area (Å²) >= 11 is 1.35. The summed E-state index contributed by atoms with van der Waals surface area (Å²) in [5.41, 5.74) is 2.20. The molecule has 3 aromatic rings. The van der Waals surface area contributed by atoms with E-state index in [0.717, 1.165) is 16.0 Å². The summed E-state index contributed by atoms with van der Waals surface area (Å²) in [6, 6.07) is 10.9. The zero-order valence-electron chi connectivity index (χ0n) is 13.6. The molecule has 0 aliphatic carbocycles. The fraction of sp³-hybridized carbons (Fsp3) is 0.158. The molecule has 0 fully saturated rings. The number of rotatable bonds is 5. The lowest BCUT2D eigenvalue weighted by molar-refractivity contribution is -0.115. The Morgan fingerprint density at radius 3 is 2.56 bits per heavy atom. The van der Waals surface area contributed by atoms with E-state index in [0.29, 0.717) is 17.1 Å². The van der Waals surface area contributed by atoms with Crippen LogP contribution in [0.2, 0.25) is 0 Å². The SMILES string of the molecule is Cc1ccc(Cc2cnc(NC(=O)Cc3ccc(F)cc3)s2)cc1F. The van der Waals surface area contributed by atoms with Crippen molar-refractivity contribution in [3.8, 4) is 0 Å². The predicted molar refractivity (Wildman–Crippen MR) is 94.8 cm³/mol. The number of benzene rings is 2. The van der Waals surface area contributed by atoms with Gasteiger partial charge >= 0.3 is 0 Å². The Balaban J connectivity index is 1.60. The minimum absolute atomic E-state index is 0.151. The molecule has 0 saturated carbocycles. The van der Waals surface area contributed by atoms with Gasteiger partial charge in [-0.3, -0.25) is 4.79 Å². The average Bonchev–Trinajstić information content (AvgIpc) is 3.00. The molecule has 0 unspecified atom stereocenters. The van der Waals surface area contributed by atoms with Crippen LogP contribution in [0.5, 0.6) is 0 Å². The number of halogens is 2. The van der Waals surface area contributed by atoms with Gasteiger partial charge in [0.25, 0.3) is 0 Å². The molecular weight excluding hydrogens is 342 g/mol. The van der Waals surface area contributed by atoms with Gasteiger partial charge in [-0.15, -0.1) is 11.3 Å². The Kier molecular flexibility index (Phi) is 5.19. The molecule has 0 spiro atoms. The molecule has 1 amide bonds. The maximum absolute atomic E-state index is 13.6. The minimum Gasteiger partial charge on any atom is -0.302 e. The average molecular weight is 358 g/mol. The van der Waals surface area contributed by atoms with Crippen LogP contribution in [-0.2, 0) is 17.6 Å². The molecule has 0 saturated heterocycles. The van der Waals surface area contributed by atoms with Gasteiger partial charge < -0.3 is 5.32 Å². The monoisotopic (exact) mass is 358 g/mol. The lowest BCUT2D eigenvalue weighted by Crippen LogP contribution is -2.14. The fourth-order valence-electron chi connectivity index (χ4n) is 2.35. The van der Waals surface area contributed by atoms with Crippen molar-refractivity contribution in [2.45, 2.75) is 19.8 Å². The molecule has 0 atom stereocenters. The van der Waals surface area contributed by atoms with Crippen LogP contribution >= 0.6 is 11.3 Å². The first-order chi connectivity index (χ1) is 12.0. The van der Waals surface area contributed by atoms with Gasteiger partial charge in [0.15, 0.2) is 5.13 Å². The number of carbonyl (C=O) groups is 1. The molecule has 1 aromatic heterocycles. The van der Waals surface area contributed by atoms with E-state index < -0.39 is 0 Å². The van der Waals surface area contributed by atoms with Crippen LogP contribution in [-0.4, -0.2) is 10.9 Å². The number of carbonyl (C=O) groups excluding carboxylic acids is 1. The second-order valence-corrected chi connectivity index (χ2v) is 6.86. The quantitative estimate of drug-likeness (QED) is 0.730. The van der Waals surface area contributed by atoms with Crippen LogP contribution < -0.4 is 5.32 Å². The summed E-state index contributed by atoms with van der Waals surface area (Å²) in [5.74, 6) is -0.773. The summed E-state index contributed by atoms with van der Waals surface area (Å²) in [5, 5.41) is 3.23. The lowest BCUT2D eigenvalue weighted by Gasteiger charge is -2.02. The van der Waals surface area contributed by atoms with Crippen molar-refractivity contribution in [2.24, 2.45) is 0 Å². The standard InChI is InChI=1S/C19H16F2N2OS/c1-12-2-3-14(9-17(12)21)8-16-11-22-19(25-16)23-18(24)10-13-4-6-15(20)7-5-13/h2-7,9,11H,8,10H2,1H3,(H,22,23,24). The molecule has 6 heteroatoms. The van der Waals surface area contributed by atoms with E-state index in [1.807, 2.05) is 6.07 Å². The number of nitrogens with one attached hydrogen (secondary N) is 1. The molecule has 0 bridgehead atoms. The van der Waals surface area contributed by atoms with Crippen molar-refractivity contribution in [3.05, 3.63) is 81.9 Å². The van der Waals surface area contributed by atoms with Crippen molar-refractivity contribution in [1.82, 2.24) is 4.98 Å². The first-order valence-corrected chi connectivity index (χ1v) is 8.55. The van der Waals surface area contributed by atoms with Crippen molar-refractivity contribution < 1.29 is 13.6 Å². The van der Waals surface area contributed by atoms with Gasteiger partial charge in [-0.1, -0.05) is 24.3 Å². The maximum atomic E-state index is 13.6. The Labute approximate surface area is 148 Å². The number of nitrogens with zero attached hydrogens (tertiary/aromatic N) is 1. The van der Waals surface area contributed by atoms with E-state index >= 15 is 0 Å². The molecular formula is C19H16F2N2OS. The Morgan fingerprint density at radius 2 is 1.84 bits per heavy atom. The van der Waals surface area contributed by atoms with Crippen LogP contribution in [0.25, 0.3) is 0 Å². The molecule has 128 valence electrons. The van der Waals surface area contributed by atoms with Gasteiger partial charge in [0, 0.05) is 17.5 Å². The third-order valence-electron chi connectivity index (χ3n) is 3.69. The second-order valence-electron chi connectivity index (χ2n) is 5.74. The van der Waals surface area contributed by atoms with Crippen LogP contribution in [0.3, 0.4) is 0 Å². The summed E-state index contributed by atoms with van der Waals surface area (Å²) in [6.45, 7) is 1.72. The van der Waals surface area contributed by atoms with Gasteiger partial charge in [0.1, 0.15) is 11.6 Å². The minimum atomic E-state index is -0.332. The van der Waals surface area contributed by atoms with Crippen LogP contribution in [0.15, 0.2) is 48.7 Å². The summed E-state index contributed by atoms with van der Waals surface area (Å²) in [4.78, 5) is 17.1. The highest BCUT2D eigenvalue weighted by molar-refractivity contribution is 7.15. The zero-order chi connectivity index (χ0) is 17.8. The largest absolute Gasteiger partial charge is 0.302 e. The van der Waals surface area contributed by atoms with E-state index in [4.69, 9.17) is 0 Å². The van der Waals surface area contributed by atoms with E-state index in [9.17, 15) is 13.6 Å². The van der Waals surface area contributed by atoms with Gasteiger partial charge in [0.05, 0.1) is 6.42 Å². The van der Waals surface area contributed by atoms with Crippen LogP contribution in [0.1, 0.15) is 21.6 Å². The molecule has 2 aromatic carbocycles. The van der Waals surface area contributed by atoms with Gasteiger partial charge in [-0.2, -0.15) is 0 Å². The topological polar surface area (TPSA) is 42.0 Å². The first kappa shape index (κ1) is 17.2. The second kappa shape index (κ2) is 7.53. The molecule has 0 aliphatic rings. The molecule has 1 N–H and O–H groups in total. The molecule has 1 heterocycles. The first-order valence-electron chi connectivity index (χ1n) is 7.73. The fourth-order valence-corrected chi connectivity index (χ4v) is 3.21. The number of amides is 1. The molecule has 3 nitrogen and oxygen atoms in total. The smallest absolute Gasteiger partial charge is 0.230 e. The van der Waals surface area contributed by atoms with E-state index in [1.54, 1.807) is 31.3 Å². The molecule has 25 heavy (non-hydrogen) atoms. The highest BCUT2D eigenvalue weighted by atomic mass is 32.1. The van der Waals surface area contributed by atoms with Crippen molar-refractivity contribution in [2.75, 3.05) is 5.32 Å². The Hall–Kier alpha value is -2.60. The molecule has 0 radical (unpaired) electrons. The highest BCUT2D eigenvalue weighted by Gasteiger charge is 2.09. The van der Waals surface area contributed by atoms with E-state index in [-0.39, 0.29) is 24.0 Å². The number of hydrogen-bond donors (Lipinski definition) is 1. The van der Waals surface area contributed by atoms with Crippen LogP contribution in [0, 0.1) is 18.6 Å². The van der Waals surface area contributed by atoms with E-state index in [1.165, 1.54) is 29.5 Å². The Bertz CT molecular complexity index is 891.